The number of methoxy groups -OCH3 is 6. The van der Waals surface area contributed by atoms with E-state index in [1.807, 2.05) is 104 Å². The van der Waals surface area contributed by atoms with Gasteiger partial charge in [0, 0.05) is 224 Å². The maximum Gasteiger partial charge on any atom is 0.229 e. The largest absolute Gasteiger partial charge is 0.497 e. The zero-order chi connectivity index (χ0) is 92.0. The molecule has 9 aromatic heterocycles. The first-order chi connectivity index (χ1) is 65.5. The van der Waals surface area contributed by atoms with E-state index in [0.717, 1.165) is 153 Å². The Hall–Kier alpha value is -13.6. The van der Waals surface area contributed by atoms with E-state index in [9.17, 15) is 9.90 Å². The van der Waals surface area contributed by atoms with Crippen molar-refractivity contribution in [1.29, 1.82) is 0 Å². The molecule has 5 N–H and O–H groups in total. The van der Waals surface area contributed by atoms with Gasteiger partial charge in [-0.25, -0.2) is 15.0 Å². The normalized spacial score (nSPS) is 17.5. The summed E-state index contributed by atoms with van der Waals surface area (Å²) in [6.07, 6.45) is 16.0. The van der Waals surface area contributed by atoms with Crippen molar-refractivity contribution in [3.05, 3.63) is 216 Å². The number of ketones is 1. The van der Waals surface area contributed by atoms with Crippen molar-refractivity contribution >= 4 is 143 Å². The van der Waals surface area contributed by atoms with Gasteiger partial charge in [-0.1, -0.05) is 72.1 Å². The Kier molecular flexibility index (Phi) is 26.8. The van der Waals surface area contributed by atoms with E-state index in [4.69, 9.17) is 82.9 Å². The van der Waals surface area contributed by atoms with Crippen LogP contribution >= 0.6 is 34.8 Å². The smallest absolute Gasteiger partial charge is 0.229 e. The van der Waals surface area contributed by atoms with Crippen molar-refractivity contribution in [1.82, 2.24) is 88.8 Å². The van der Waals surface area contributed by atoms with E-state index < -0.39 is 0 Å². The van der Waals surface area contributed by atoms with E-state index >= 15 is 0 Å². The number of carbonyl (C=O) groups is 1. The van der Waals surface area contributed by atoms with Crippen molar-refractivity contribution in [3.63, 3.8) is 0 Å². The number of benzene rings is 7. The molecule has 33 nitrogen and oxygen atoms in total. The number of aliphatic hydroxyl groups is 1. The van der Waals surface area contributed by atoms with Crippen molar-refractivity contribution in [2.24, 2.45) is 5.92 Å². The Balaban J connectivity index is 0.000000121. The molecule has 3 aliphatic heterocycles. The molecule has 6 fully saturated rings. The lowest BCUT2D eigenvalue weighted by Gasteiger charge is -2.46. The lowest BCUT2D eigenvalue weighted by molar-refractivity contribution is -0.135. The molecule has 16 aromatic rings. The van der Waals surface area contributed by atoms with Crippen LogP contribution in [0.15, 0.2) is 195 Å². The number of rotatable bonds is 23. The molecular formula is C98H101Cl3N24O9. The third-order valence-corrected chi connectivity index (χ3v) is 26.7. The van der Waals surface area contributed by atoms with Gasteiger partial charge in [0.15, 0.2) is 33.9 Å². The quantitative estimate of drug-likeness (QED) is 0.0397. The second-order valence-corrected chi connectivity index (χ2v) is 35.0. The van der Waals surface area contributed by atoms with Gasteiger partial charge >= 0.3 is 0 Å². The molecular weight excluding hydrogens is 1760 g/mol. The van der Waals surface area contributed by atoms with Crippen LogP contribution in [0.25, 0.3) is 83.4 Å². The fourth-order valence-electron chi connectivity index (χ4n) is 17.9. The van der Waals surface area contributed by atoms with E-state index in [1.165, 1.54) is 35.5 Å². The van der Waals surface area contributed by atoms with Gasteiger partial charge in [0.25, 0.3) is 0 Å². The molecule has 3 saturated heterocycles. The Morgan fingerprint density at radius 2 is 0.761 bits per heavy atom. The highest BCUT2D eigenvalue weighted by molar-refractivity contribution is 6.36. The van der Waals surface area contributed by atoms with E-state index in [-0.39, 0.29) is 12.2 Å². The molecule has 688 valence electrons. The molecule has 3 aliphatic carbocycles. The number of Topliss-reactive ketones (excluding diaryl/α,β-unsaturated/α-hetero) is 1. The minimum Gasteiger partial charge on any atom is -0.497 e. The maximum absolute atomic E-state index is 10.6. The predicted octanol–water partition coefficient (Wildman–Crippen LogP) is 16.2. The van der Waals surface area contributed by atoms with Gasteiger partial charge in [-0.15, -0.1) is 30.6 Å². The number of hydrogen-bond acceptors (Lipinski definition) is 30. The van der Waals surface area contributed by atoms with E-state index in [2.05, 4.69) is 147 Å². The van der Waals surface area contributed by atoms with Crippen LogP contribution in [0.5, 0.6) is 34.5 Å². The second kappa shape index (κ2) is 40.0. The average Bonchev–Trinajstić information content (AvgIpc) is 1.50. The van der Waals surface area contributed by atoms with Crippen molar-refractivity contribution in [3.8, 4) is 67.9 Å². The number of pyridine rings is 3. The first-order valence-electron chi connectivity index (χ1n) is 44.6. The SMILES string of the molecule is COc1cc(OC)c(Cl)c(-c2cc3cnc(Nc4ccc(N5CCN(C6CC(C)C6)CC5)cc4)nc3n3cnnc23)c1.COc1cc(OC)c(Cl)c(-c2cc3cnc(Nc4ccc(N5CCN(C6CC(O)C6)CC5)cc4)nc3n3cnnc23)c1.COc1cc(OC)c(Cl)c(-c2cc3cnc(Nc4ccc(N5CCNCC5)cc4)nc3n3cnnc23)c1.O=C1CC(OCc2ccccc2)C1. The number of piperazine rings is 3. The molecule has 6 aliphatic rings. The van der Waals surface area contributed by atoms with Gasteiger partial charge in [0.1, 0.15) is 59.3 Å². The lowest BCUT2D eigenvalue weighted by atomic mass is 9.80. The van der Waals surface area contributed by atoms with Crippen LogP contribution in [0.1, 0.15) is 51.0 Å². The second-order valence-electron chi connectivity index (χ2n) is 33.9. The first-order valence-corrected chi connectivity index (χ1v) is 45.8. The number of aromatic nitrogens is 15. The third-order valence-electron chi connectivity index (χ3n) is 25.5. The fraction of sp³-hybridized carbons (Fsp3) is 0.316. The summed E-state index contributed by atoms with van der Waals surface area (Å²) < 4.78 is 43.8. The van der Waals surface area contributed by atoms with Crippen LogP contribution < -0.4 is 64.4 Å². The van der Waals surface area contributed by atoms with Gasteiger partial charge < -0.3 is 74.2 Å². The molecule has 0 bridgehead atoms. The minimum atomic E-state index is -0.109. The summed E-state index contributed by atoms with van der Waals surface area (Å²) in [6.45, 7) is 15.4. The third kappa shape index (κ3) is 19.3. The molecule has 0 unspecified atom stereocenters. The van der Waals surface area contributed by atoms with Crippen LogP contribution in [0.3, 0.4) is 0 Å². The van der Waals surface area contributed by atoms with Crippen LogP contribution in [0.4, 0.5) is 52.0 Å². The molecule has 12 heterocycles. The average molecular weight is 1870 g/mol. The van der Waals surface area contributed by atoms with Crippen LogP contribution in [0.2, 0.25) is 15.1 Å². The highest BCUT2D eigenvalue weighted by atomic mass is 35.5. The molecule has 0 spiro atoms. The van der Waals surface area contributed by atoms with Crippen molar-refractivity contribution in [2.75, 3.05) is 152 Å². The molecule has 22 rings (SSSR count). The standard InChI is InChI=1S/C31H33ClN8O2.C30H31ClN8O3.C26H25ClN8O2.C11H12O2/c1-19-12-23(13-19)39-10-8-38(9-11-39)22-6-4-21(5-7-22)35-31-33-17-20-14-26(30-37-34-18-40(30)29(20)36-31)25-15-24(41-2)16-27(42-3)28(25)32;1-41-23-14-24(27(31)26(15-23)42-2)25-11-18-16-32-30(35-28(18)39-17-33-36-29(25)39)34-19-3-5-20(6-4-19)37-7-9-38(10-8-37)21-12-22(40)13-21;1-36-19-12-20(23(27)22(13-19)37-2)21-11-16-14-29-26(32-24(16)35-15-30-33-25(21)35)31-17-3-5-18(6-4-17)34-9-7-28-8-10-34;12-10-6-11(7-10)13-8-9-4-2-1-3-5-9/h4-7,14-19,23H,8-13H2,1-3H3,(H,33,35,36);3-6,11,14-17,21-22,40H,7-10,12-13H2,1-2H3,(H,32,34,35);3-6,11-15,28H,7-10H2,1-2H3,(H,29,31,32);1-5,11H,6-8H2. The number of ether oxygens (including phenoxy) is 7. The van der Waals surface area contributed by atoms with E-state index in [1.54, 1.807) is 98.4 Å². The summed E-state index contributed by atoms with van der Waals surface area (Å²) in [4.78, 5) is 51.2. The molecule has 3 saturated carbocycles. The number of anilines is 9. The van der Waals surface area contributed by atoms with Crippen LogP contribution in [-0.2, 0) is 16.1 Å². The number of nitrogens with zero attached hydrogens (tertiary/aromatic N) is 20. The molecule has 134 heavy (non-hydrogen) atoms. The zero-order valence-corrected chi connectivity index (χ0v) is 77.4. The monoisotopic (exact) mass is 1860 g/mol. The Morgan fingerprint density at radius 3 is 1.09 bits per heavy atom. The van der Waals surface area contributed by atoms with Crippen LogP contribution in [0, 0.1) is 5.92 Å². The number of nitrogens with one attached hydrogen (secondary N) is 4. The highest BCUT2D eigenvalue weighted by Crippen LogP contribution is 2.46. The molecule has 0 amide bonds. The summed E-state index contributed by atoms with van der Waals surface area (Å²) in [5, 5.41) is 52.3. The number of aliphatic hydroxyl groups excluding tert-OH is 1. The van der Waals surface area contributed by atoms with Gasteiger partial charge in [-0.05, 0) is 146 Å². The predicted molar refractivity (Wildman–Crippen MR) is 521 cm³/mol. The first kappa shape index (κ1) is 89.6. The minimum absolute atomic E-state index is 0.109. The maximum atomic E-state index is 10.6. The summed E-state index contributed by atoms with van der Waals surface area (Å²) >= 11 is 20.1. The van der Waals surface area contributed by atoms with Crippen molar-refractivity contribution < 1.29 is 43.1 Å². The lowest BCUT2D eigenvalue weighted by Crippen LogP contribution is -2.55. The van der Waals surface area contributed by atoms with Crippen molar-refractivity contribution in [2.45, 2.75) is 76.3 Å². The molecule has 0 radical (unpaired) electrons. The van der Waals surface area contributed by atoms with Gasteiger partial charge in [-0.2, -0.15) is 15.0 Å². The summed E-state index contributed by atoms with van der Waals surface area (Å²) in [5.74, 6) is 6.02. The Labute approximate surface area is 787 Å². The fourth-order valence-corrected chi connectivity index (χ4v) is 18.8. The number of halogens is 3. The number of hydrogen-bond donors (Lipinski definition) is 5. The molecule has 0 atom stereocenters. The summed E-state index contributed by atoms with van der Waals surface area (Å²) in [5.41, 5.74) is 15.8. The Bertz CT molecular complexity index is 6630. The summed E-state index contributed by atoms with van der Waals surface area (Å²) in [6, 6.07) is 53.2. The van der Waals surface area contributed by atoms with Gasteiger partial charge in [0.2, 0.25) is 17.8 Å². The molecule has 36 heteroatoms. The van der Waals surface area contributed by atoms with E-state index in [0.29, 0.717) is 149 Å². The topological polar surface area (TPSA) is 334 Å². The zero-order valence-electron chi connectivity index (χ0n) is 75.1. The van der Waals surface area contributed by atoms with Gasteiger partial charge in [-0.3, -0.25) is 27.8 Å². The summed E-state index contributed by atoms with van der Waals surface area (Å²) in [7, 11) is 9.51. The highest BCUT2D eigenvalue weighted by Gasteiger charge is 2.36. The van der Waals surface area contributed by atoms with Crippen LogP contribution in [-0.4, -0.2) is 240 Å². The van der Waals surface area contributed by atoms with Gasteiger partial charge in [0.05, 0.1) is 76.5 Å². The number of carbonyl (C=O) groups excluding carboxylic acids is 1. The Morgan fingerprint density at radius 1 is 0.410 bits per heavy atom. The number of fused-ring (bicyclic) bond motifs is 9. The molecule has 7 aromatic carbocycles.